The van der Waals surface area contributed by atoms with Gasteiger partial charge in [-0.15, -0.1) is 0 Å². The molecule has 2 aromatic rings. The molecular weight excluding hydrogens is 439 g/mol. The van der Waals surface area contributed by atoms with Gasteiger partial charge < -0.3 is 10.2 Å². The molecule has 2 aromatic carbocycles. The van der Waals surface area contributed by atoms with Gasteiger partial charge in [0.15, 0.2) is 0 Å². The third-order valence-corrected chi connectivity index (χ3v) is 5.13. The van der Waals surface area contributed by atoms with Crippen LogP contribution in [0.2, 0.25) is 5.02 Å². The van der Waals surface area contributed by atoms with E-state index >= 15 is 0 Å². The molecule has 164 valence electrons. The number of nitro benzene ring substituents is 1. The van der Waals surface area contributed by atoms with Gasteiger partial charge in [0.1, 0.15) is 5.56 Å². The van der Waals surface area contributed by atoms with E-state index in [0.29, 0.717) is 19.4 Å². The van der Waals surface area contributed by atoms with E-state index in [2.05, 4.69) is 5.32 Å². The van der Waals surface area contributed by atoms with Crippen molar-refractivity contribution in [1.82, 2.24) is 10.2 Å². The van der Waals surface area contributed by atoms with E-state index in [-0.39, 0.29) is 28.6 Å². The average Bonchev–Trinajstić information content (AvgIpc) is 3.11. The fourth-order valence-corrected chi connectivity index (χ4v) is 3.53. The second-order valence-electron chi connectivity index (χ2n) is 7.01. The van der Waals surface area contributed by atoms with Crippen molar-refractivity contribution in [3.8, 4) is 0 Å². The highest BCUT2D eigenvalue weighted by Gasteiger charge is 2.32. The Morgan fingerprint density at radius 3 is 2.61 bits per heavy atom. The van der Waals surface area contributed by atoms with E-state index in [9.17, 15) is 32.9 Å². The molecule has 1 unspecified atom stereocenters. The third-order valence-electron chi connectivity index (χ3n) is 4.90. The monoisotopic (exact) mass is 455 g/mol. The molecule has 0 bridgehead atoms. The van der Waals surface area contributed by atoms with Gasteiger partial charge in [0.2, 0.25) is 5.91 Å². The smallest absolute Gasteiger partial charge is 0.343 e. The minimum Gasteiger partial charge on any atom is -0.343 e. The van der Waals surface area contributed by atoms with E-state index in [1.165, 1.54) is 29.2 Å². The number of carbonyl (C=O) groups excluding carboxylic acids is 2. The van der Waals surface area contributed by atoms with E-state index in [0.717, 1.165) is 18.2 Å². The summed E-state index contributed by atoms with van der Waals surface area (Å²) in [5.41, 5.74) is -1.61. The Labute approximate surface area is 179 Å². The summed E-state index contributed by atoms with van der Waals surface area (Å²) in [5.74, 6) is -1.04. The van der Waals surface area contributed by atoms with Crippen LogP contribution < -0.4 is 5.32 Å². The van der Waals surface area contributed by atoms with Crippen molar-refractivity contribution in [1.29, 1.82) is 0 Å². The van der Waals surface area contributed by atoms with Crippen LogP contribution in [0.25, 0.3) is 0 Å². The third kappa shape index (κ3) is 5.32. The number of alkyl halides is 3. The van der Waals surface area contributed by atoms with Crippen molar-refractivity contribution in [3.05, 3.63) is 74.3 Å². The van der Waals surface area contributed by atoms with E-state index in [1.54, 1.807) is 0 Å². The highest BCUT2D eigenvalue weighted by molar-refractivity contribution is 6.31. The molecule has 11 heteroatoms. The van der Waals surface area contributed by atoms with Crippen LogP contribution in [0.3, 0.4) is 0 Å². The summed E-state index contributed by atoms with van der Waals surface area (Å²) in [4.78, 5) is 36.8. The fraction of sp³-hybridized carbons (Fsp3) is 0.300. The Bertz CT molecular complexity index is 1030. The molecule has 0 saturated carbocycles. The first-order valence-electron chi connectivity index (χ1n) is 9.26. The zero-order valence-electron chi connectivity index (χ0n) is 16.0. The zero-order chi connectivity index (χ0) is 22.8. The molecule has 3 rings (SSSR count). The predicted molar refractivity (Wildman–Crippen MR) is 106 cm³/mol. The molecule has 1 aliphatic rings. The number of carbonyl (C=O) groups is 2. The Morgan fingerprint density at radius 1 is 1.26 bits per heavy atom. The van der Waals surface area contributed by atoms with Crippen LogP contribution in [0.15, 0.2) is 42.5 Å². The summed E-state index contributed by atoms with van der Waals surface area (Å²) >= 11 is 5.77. The maximum absolute atomic E-state index is 13.2. The van der Waals surface area contributed by atoms with E-state index < -0.39 is 34.3 Å². The van der Waals surface area contributed by atoms with Crippen molar-refractivity contribution >= 4 is 29.1 Å². The van der Waals surface area contributed by atoms with Gasteiger partial charge in [-0.05, 0) is 36.2 Å². The highest BCUT2D eigenvalue weighted by Crippen LogP contribution is 2.31. The van der Waals surface area contributed by atoms with Crippen LogP contribution >= 0.6 is 11.6 Å². The fourth-order valence-electron chi connectivity index (χ4n) is 3.37. The zero-order valence-corrected chi connectivity index (χ0v) is 16.7. The lowest BCUT2D eigenvalue weighted by Crippen LogP contribution is -2.39. The molecule has 1 heterocycles. The van der Waals surface area contributed by atoms with Gasteiger partial charge >= 0.3 is 6.18 Å². The van der Waals surface area contributed by atoms with E-state index in [4.69, 9.17) is 11.6 Å². The molecule has 7 nitrogen and oxygen atoms in total. The normalized spacial score (nSPS) is 15.1. The SMILES string of the molecule is O=C(NC(CN1CCCC1=O)c1cccc(C(F)(F)F)c1)c1ccc(Cl)cc1[N+](=O)[O-]. The second kappa shape index (κ2) is 8.93. The Morgan fingerprint density at radius 2 is 2.00 bits per heavy atom. The summed E-state index contributed by atoms with van der Waals surface area (Å²) in [7, 11) is 0. The summed E-state index contributed by atoms with van der Waals surface area (Å²) in [6.45, 7) is 0.346. The number of nitro groups is 1. The van der Waals surface area contributed by atoms with E-state index in [1.807, 2.05) is 0 Å². The molecule has 31 heavy (non-hydrogen) atoms. The minimum atomic E-state index is -4.59. The van der Waals surface area contributed by atoms with Crippen molar-refractivity contribution in [2.45, 2.75) is 25.1 Å². The number of hydrogen-bond acceptors (Lipinski definition) is 4. The van der Waals surface area contributed by atoms with Gasteiger partial charge in [-0.25, -0.2) is 0 Å². The first-order chi connectivity index (χ1) is 14.6. The molecular formula is C20H17ClF3N3O4. The molecule has 0 spiro atoms. The average molecular weight is 456 g/mol. The van der Waals surface area contributed by atoms with Crippen LogP contribution in [0, 0.1) is 10.1 Å². The van der Waals surface area contributed by atoms with Gasteiger partial charge in [0, 0.05) is 30.6 Å². The lowest BCUT2D eigenvalue weighted by molar-refractivity contribution is -0.385. The van der Waals surface area contributed by atoms with Crippen molar-refractivity contribution in [3.63, 3.8) is 0 Å². The number of rotatable bonds is 6. The molecule has 0 radical (unpaired) electrons. The van der Waals surface area contributed by atoms with Crippen LogP contribution in [0.1, 0.15) is 40.4 Å². The number of halogens is 4. The number of benzene rings is 2. The highest BCUT2D eigenvalue weighted by atomic mass is 35.5. The Balaban J connectivity index is 1.95. The number of nitrogens with zero attached hydrogens (tertiary/aromatic N) is 2. The quantitative estimate of drug-likeness (QED) is 0.517. The molecule has 1 fully saturated rings. The molecule has 0 aromatic heterocycles. The number of likely N-dealkylation sites (tertiary alicyclic amines) is 1. The maximum atomic E-state index is 13.2. The first-order valence-corrected chi connectivity index (χ1v) is 9.64. The molecule has 1 saturated heterocycles. The van der Waals surface area contributed by atoms with Crippen LogP contribution in [-0.2, 0) is 11.0 Å². The maximum Gasteiger partial charge on any atom is 0.416 e. The van der Waals surface area contributed by atoms with Crippen LogP contribution in [-0.4, -0.2) is 34.7 Å². The second-order valence-corrected chi connectivity index (χ2v) is 7.45. The van der Waals surface area contributed by atoms with Crippen LogP contribution in [0.4, 0.5) is 18.9 Å². The standard InChI is InChI=1S/C20H17ClF3N3O4/c21-14-6-7-15(17(10-14)27(30)31)19(29)25-16(11-26-8-2-5-18(26)28)12-3-1-4-13(9-12)20(22,23)24/h1,3-4,6-7,9-10,16H,2,5,8,11H2,(H,25,29). The summed E-state index contributed by atoms with van der Waals surface area (Å²) in [6.07, 6.45) is -3.68. The van der Waals surface area contributed by atoms with Crippen LogP contribution in [0.5, 0.6) is 0 Å². The minimum absolute atomic E-state index is 0.0559. The van der Waals surface area contributed by atoms with Gasteiger partial charge in [-0.1, -0.05) is 23.7 Å². The van der Waals surface area contributed by atoms with Crippen molar-refractivity contribution < 1.29 is 27.7 Å². The number of nitrogens with one attached hydrogen (secondary N) is 1. The van der Waals surface area contributed by atoms with Gasteiger partial charge in [-0.3, -0.25) is 19.7 Å². The lowest BCUT2D eigenvalue weighted by atomic mass is 10.0. The predicted octanol–water partition coefficient (Wildman–Crippen LogP) is 4.36. The summed E-state index contributed by atoms with van der Waals surface area (Å²) < 4.78 is 39.5. The lowest BCUT2D eigenvalue weighted by Gasteiger charge is -2.26. The first kappa shape index (κ1) is 22.5. The molecule has 1 atom stereocenters. The topological polar surface area (TPSA) is 92.6 Å². The molecule has 1 aliphatic heterocycles. The van der Waals surface area contributed by atoms with Gasteiger partial charge in [-0.2, -0.15) is 13.2 Å². The molecule has 2 amide bonds. The largest absolute Gasteiger partial charge is 0.416 e. The van der Waals surface area contributed by atoms with Crippen molar-refractivity contribution in [2.75, 3.05) is 13.1 Å². The summed E-state index contributed by atoms with van der Waals surface area (Å²) in [5, 5.41) is 13.9. The summed E-state index contributed by atoms with van der Waals surface area (Å²) in [6, 6.07) is 6.86. The van der Waals surface area contributed by atoms with Gasteiger partial charge in [0.05, 0.1) is 16.5 Å². The molecule has 1 N–H and O–H groups in total. The van der Waals surface area contributed by atoms with Gasteiger partial charge in [0.25, 0.3) is 11.6 Å². The Kier molecular flexibility index (Phi) is 6.49. The Hall–Kier alpha value is -3.14. The number of amides is 2. The molecule has 0 aliphatic carbocycles. The van der Waals surface area contributed by atoms with Crippen molar-refractivity contribution in [2.24, 2.45) is 0 Å². The number of hydrogen-bond donors (Lipinski definition) is 1.